The van der Waals surface area contributed by atoms with Crippen molar-refractivity contribution in [3.63, 3.8) is 0 Å². The Morgan fingerprint density at radius 3 is 2.92 bits per heavy atom. The third-order valence-electron chi connectivity index (χ3n) is 2.72. The first kappa shape index (κ1) is 6.24. The van der Waals surface area contributed by atoms with Crippen LogP contribution in [0.25, 0.3) is 5.57 Å². The van der Waals surface area contributed by atoms with Gasteiger partial charge in [0, 0.05) is 0 Å². The van der Waals surface area contributed by atoms with Crippen molar-refractivity contribution in [1.82, 2.24) is 0 Å². The predicted molar refractivity (Wildman–Crippen MR) is 50.8 cm³/mol. The lowest BCUT2D eigenvalue weighted by atomic mass is 10.1. The number of benzene rings is 1. The lowest BCUT2D eigenvalue weighted by Gasteiger charge is -1.96. The maximum absolute atomic E-state index is 2.34. The molecule has 1 aromatic rings. The molecule has 0 saturated carbocycles. The van der Waals surface area contributed by atoms with Crippen LogP contribution >= 0.6 is 0 Å². The molecule has 0 spiro atoms. The average molecular weight is 154 g/mol. The molecule has 0 heterocycles. The van der Waals surface area contributed by atoms with E-state index in [4.69, 9.17) is 0 Å². The smallest absolute Gasteiger partial charge is 0.00166 e. The van der Waals surface area contributed by atoms with E-state index in [0.29, 0.717) is 0 Å². The lowest BCUT2D eigenvalue weighted by molar-refractivity contribution is 1.25. The van der Waals surface area contributed by atoms with E-state index in [1.54, 1.807) is 0 Å². The van der Waals surface area contributed by atoms with E-state index in [2.05, 4.69) is 36.4 Å². The third kappa shape index (κ3) is 0.672. The highest BCUT2D eigenvalue weighted by Gasteiger charge is 2.21. The molecule has 58 valence electrons. The van der Waals surface area contributed by atoms with E-state index in [-0.39, 0.29) is 0 Å². The quantitative estimate of drug-likeness (QED) is 0.539. The van der Waals surface area contributed by atoms with Gasteiger partial charge in [-0.1, -0.05) is 36.4 Å². The van der Waals surface area contributed by atoms with Crippen LogP contribution in [0.1, 0.15) is 17.5 Å². The molecule has 0 heteroatoms. The molecule has 0 bridgehead atoms. The monoisotopic (exact) mass is 154 g/mol. The molecule has 0 aliphatic heterocycles. The Bertz CT molecular complexity index is 394. The summed E-state index contributed by atoms with van der Waals surface area (Å²) >= 11 is 0. The summed E-state index contributed by atoms with van der Waals surface area (Å²) in [6.45, 7) is 0. The van der Waals surface area contributed by atoms with Crippen LogP contribution in [0.4, 0.5) is 0 Å². The van der Waals surface area contributed by atoms with Gasteiger partial charge >= 0.3 is 0 Å². The molecular formula is C12H10. The Labute approximate surface area is 72.2 Å². The fourth-order valence-electron chi connectivity index (χ4n) is 2.15. The summed E-state index contributed by atoms with van der Waals surface area (Å²) in [5.74, 6) is 0. The molecule has 0 N–H and O–H groups in total. The van der Waals surface area contributed by atoms with Crippen molar-refractivity contribution in [2.24, 2.45) is 0 Å². The van der Waals surface area contributed by atoms with E-state index in [9.17, 15) is 0 Å². The lowest BCUT2D eigenvalue weighted by Crippen LogP contribution is -1.78. The van der Waals surface area contributed by atoms with Crippen molar-refractivity contribution in [2.45, 2.75) is 12.8 Å². The summed E-state index contributed by atoms with van der Waals surface area (Å²) in [5, 5.41) is 0. The van der Waals surface area contributed by atoms with Crippen LogP contribution in [0.2, 0.25) is 0 Å². The number of allylic oxidation sites excluding steroid dienone is 4. The number of rotatable bonds is 0. The van der Waals surface area contributed by atoms with Crippen LogP contribution in [0.5, 0.6) is 0 Å². The van der Waals surface area contributed by atoms with Crippen molar-refractivity contribution < 1.29 is 0 Å². The first-order chi connectivity index (χ1) is 5.95. The minimum absolute atomic E-state index is 1.14. The molecule has 12 heavy (non-hydrogen) atoms. The second-order valence-corrected chi connectivity index (χ2v) is 3.42. The molecule has 2 aliphatic rings. The van der Waals surface area contributed by atoms with Crippen molar-refractivity contribution in [2.75, 3.05) is 0 Å². The van der Waals surface area contributed by atoms with Gasteiger partial charge in [-0.3, -0.25) is 0 Å². The zero-order chi connectivity index (χ0) is 7.97. The third-order valence-corrected chi connectivity index (χ3v) is 2.72. The van der Waals surface area contributed by atoms with Gasteiger partial charge < -0.3 is 0 Å². The molecule has 3 rings (SSSR count). The Morgan fingerprint density at radius 2 is 1.92 bits per heavy atom. The number of fused-ring (bicyclic) bond motifs is 3. The topological polar surface area (TPSA) is 0 Å². The minimum atomic E-state index is 1.14. The van der Waals surface area contributed by atoms with Gasteiger partial charge in [0.15, 0.2) is 0 Å². The van der Waals surface area contributed by atoms with Crippen LogP contribution in [-0.4, -0.2) is 0 Å². The van der Waals surface area contributed by atoms with Crippen LogP contribution < -0.4 is 0 Å². The Balaban J connectivity index is 2.28. The molecule has 0 amide bonds. The molecule has 0 saturated heterocycles. The Morgan fingerprint density at radius 1 is 1.00 bits per heavy atom. The van der Waals surface area contributed by atoms with Crippen molar-refractivity contribution >= 4 is 5.57 Å². The Kier molecular flexibility index (Phi) is 1.09. The van der Waals surface area contributed by atoms with E-state index < -0.39 is 0 Å². The van der Waals surface area contributed by atoms with Crippen LogP contribution in [0, 0.1) is 0 Å². The Hall–Kier alpha value is -1.30. The minimum Gasteiger partial charge on any atom is -0.0766 e. The number of hydrogen-bond donors (Lipinski definition) is 0. The second-order valence-electron chi connectivity index (χ2n) is 3.42. The molecule has 0 nitrogen and oxygen atoms in total. The molecular weight excluding hydrogens is 144 g/mol. The maximum Gasteiger partial charge on any atom is -0.00166 e. The van der Waals surface area contributed by atoms with Crippen molar-refractivity contribution in [3.05, 3.63) is 53.1 Å². The van der Waals surface area contributed by atoms with Crippen molar-refractivity contribution in [3.8, 4) is 0 Å². The largest absolute Gasteiger partial charge is 0.0766 e. The summed E-state index contributed by atoms with van der Waals surface area (Å²) < 4.78 is 0. The molecule has 0 fully saturated rings. The summed E-state index contributed by atoms with van der Waals surface area (Å²) in [7, 11) is 0. The molecule has 0 unspecified atom stereocenters. The first-order valence-corrected chi connectivity index (χ1v) is 4.43. The SMILES string of the molecule is C1=C2Cc3ccccc3C2=CC1. The molecule has 0 atom stereocenters. The average Bonchev–Trinajstić information content (AvgIpc) is 2.62. The highest BCUT2D eigenvalue weighted by atomic mass is 14.3. The zero-order valence-corrected chi connectivity index (χ0v) is 6.88. The van der Waals surface area contributed by atoms with Gasteiger partial charge in [0.05, 0.1) is 0 Å². The molecule has 2 aliphatic carbocycles. The fraction of sp³-hybridized carbons (Fsp3) is 0.167. The van der Waals surface area contributed by atoms with E-state index in [1.807, 2.05) is 0 Å². The highest BCUT2D eigenvalue weighted by Crippen LogP contribution is 2.39. The van der Waals surface area contributed by atoms with E-state index in [1.165, 1.54) is 22.3 Å². The van der Waals surface area contributed by atoms with E-state index in [0.717, 1.165) is 12.8 Å². The maximum atomic E-state index is 2.34. The van der Waals surface area contributed by atoms with Crippen molar-refractivity contribution in [1.29, 1.82) is 0 Å². The molecule has 1 aromatic carbocycles. The number of hydrogen-bond acceptors (Lipinski definition) is 0. The van der Waals surface area contributed by atoms with Gasteiger partial charge in [-0.05, 0) is 35.1 Å². The van der Waals surface area contributed by atoms with E-state index >= 15 is 0 Å². The highest BCUT2D eigenvalue weighted by molar-refractivity contribution is 5.87. The van der Waals surface area contributed by atoms with Gasteiger partial charge in [-0.2, -0.15) is 0 Å². The molecule has 0 aromatic heterocycles. The fourth-order valence-corrected chi connectivity index (χ4v) is 2.15. The molecule has 0 radical (unpaired) electrons. The van der Waals surface area contributed by atoms with Gasteiger partial charge in [0.25, 0.3) is 0 Å². The summed E-state index contributed by atoms with van der Waals surface area (Å²) in [6, 6.07) is 8.71. The summed E-state index contributed by atoms with van der Waals surface area (Å²) in [5.41, 5.74) is 5.98. The normalized spacial score (nSPS) is 18.3. The van der Waals surface area contributed by atoms with Crippen LogP contribution in [0.15, 0.2) is 42.0 Å². The predicted octanol–water partition coefficient (Wildman–Crippen LogP) is 2.96. The second kappa shape index (κ2) is 2.10. The van der Waals surface area contributed by atoms with Gasteiger partial charge in [0.1, 0.15) is 0 Å². The zero-order valence-electron chi connectivity index (χ0n) is 6.88. The van der Waals surface area contributed by atoms with Crippen LogP contribution in [0.3, 0.4) is 0 Å². The standard InChI is InChI=1S/C12H10/c1-2-6-11-9(4-1)8-10-5-3-7-12(10)11/h1-2,4-7H,3,8H2. The summed E-state index contributed by atoms with van der Waals surface area (Å²) in [6.07, 6.45) is 6.97. The van der Waals surface area contributed by atoms with Crippen LogP contribution in [-0.2, 0) is 6.42 Å². The van der Waals surface area contributed by atoms with Gasteiger partial charge in [-0.25, -0.2) is 0 Å². The van der Waals surface area contributed by atoms with Gasteiger partial charge in [-0.15, -0.1) is 0 Å². The van der Waals surface area contributed by atoms with Gasteiger partial charge in [0.2, 0.25) is 0 Å². The summed E-state index contributed by atoms with van der Waals surface area (Å²) in [4.78, 5) is 0. The first-order valence-electron chi connectivity index (χ1n) is 4.43.